The summed E-state index contributed by atoms with van der Waals surface area (Å²) < 4.78 is 8.38. The van der Waals surface area contributed by atoms with E-state index in [1.165, 1.54) is 7.11 Å². The monoisotopic (exact) mass is 336 g/mol. The highest BCUT2D eigenvalue weighted by Crippen LogP contribution is 2.12. The third-order valence-electron chi connectivity index (χ3n) is 3.83. The number of rotatable bonds is 5. The first-order valence-electron chi connectivity index (χ1n) is 7.72. The molecule has 6 nitrogen and oxygen atoms in total. The zero-order valence-electron chi connectivity index (χ0n) is 13.8. The maximum atomic E-state index is 12.3. The largest absolute Gasteiger partial charge is 0.465 e. The van der Waals surface area contributed by atoms with Crippen molar-refractivity contribution in [1.82, 2.24) is 4.57 Å². The van der Waals surface area contributed by atoms with Crippen LogP contribution in [-0.2, 0) is 16.1 Å². The van der Waals surface area contributed by atoms with Crippen molar-refractivity contribution in [3.63, 3.8) is 0 Å². The lowest BCUT2D eigenvalue weighted by molar-refractivity contribution is -0.658. The topological polar surface area (TPSA) is 64.2 Å². The summed E-state index contributed by atoms with van der Waals surface area (Å²) in [6.07, 6.45) is 3.53. The number of ether oxygens (including phenoxy) is 1. The molecule has 0 atom stereocenters. The molecule has 0 saturated heterocycles. The Balaban J connectivity index is 1.75. The molecule has 1 heterocycles. The highest BCUT2D eigenvalue weighted by atomic mass is 16.5. The summed E-state index contributed by atoms with van der Waals surface area (Å²) in [5.41, 5.74) is 2.97. The Labute approximate surface area is 145 Å². The second-order valence-electron chi connectivity index (χ2n) is 5.44. The first-order valence-corrected chi connectivity index (χ1v) is 7.72. The number of carbonyl (C=O) groups is 2. The number of carbonyl (C=O) groups excluding carboxylic acids is 2. The lowest BCUT2D eigenvalue weighted by Crippen LogP contribution is -2.39. The maximum absolute atomic E-state index is 12.3. The van der Waals surface area contributed by atoms with Gasteiger partial charge in [0, 0.05) is 5.69 Å². The second-order valence-corrected chi connectivity index (χ2v) is 5.44. The summed E-state index contributed by atoms with van der Waals surface area (Å²) in [6.45, 7) is 3.95. The minimum absolute atomic E-state index is 0.164. The number of nitrogens with one attached hydrogen (secondary N) is 1. The highest BCUT2D eigenvalue weighted by molar-refractivity contribution is 5.92. The molecule has 0 spiro atoms. The molecule has 126 valence electrons. The van der Waals surface area contributed by atoms with E-state index in [0.29, 0.717) is 11.3 Å². The van der Waals surface area contributed by atoms with Gasteiger partial charge in [-0.3, -0.25) is 4.79 Å². The van der Waals surface area contributed by atoms with Crippen LogP contribution in [0.2, 0.25) is 0 Å². The summed E-state index contributed by atoms with van der Waals surface area (Å²) in [5, 5.41) is 2.82. The van der Waals surface area contributed by atoms with E-state index in [9.17, 15) is 9.59 Å². The number of anilines is 1. The molecule has 0 aliphatic rings. The Morgan fingerprint density at radius 3 is 2.60 bits per heavy atom. The number of hydrogen-bond donors (Lipinski definition) is 1. The van der Waals surface area contributed by atoms with Crippen LogP contribution < -0.4 is 9.88 Å². The predicted octanol–water partition coefficient (Wildman–Crippen LogP) is 2.45. The fraction of sp³-hybridized carbons (Fsp3) is 0.105. The molecule has 0 unspecified atom stereocenters. The molecule has 0 aliphatic heterocycles. The van der Waals surface area contributed by atoms with E-state index in [2.05, 4.69) is 16.6 Å². The summed E-state index contributed by atoms with van der Waals surface area (Å²) in [4.78, 5) is 23.8. The Bertz CT molecular complexity index is 942. The van der Waals surface area contributed by atoms with Crippen molar-refractivity contribution in [2.45, 2.75) is 6.54 Å². The number of imidazole rings is 1. The van der Waals surface area contributed by atoms with Crippen molar-refractivity contribution in [3.05, 3.63) is 67.0 Å². The number of methoxy groups -OCH3 is 1. The zero-order valence-corrected chi connectivity index (χ0v) is 13.8. The summed E-state index contributed by atoms with van der Waals surface area (Å²) in [7, 11) is 1.33. The van der Waals surface area contributed by atoms with E-state index in [1.54, 1.807) is 30.5 Å². The van der Waals surface area contributed by atoms with E-state index < -0.39 is 5.97 Å². The molecule has 25 heavy (non-hydrogen) atoms. The van der Waals surface area contributed by atoms with Crippen molar-refractivity contribution >= 4 is 34.8 Å². The van der Waals surface area contributed by atoms with E-state index >= 15 is 0 Å². The maximum Gasteiger partial charge on any atom is 0.337 e. The quantitative estimate of drug-likeness (QED) is 0.575. The van der Waals surface area contributed by atoms with E-state index in [-0.39, 0.29) is 12.5 Å². The molecule has 0 saturated carbocycles. The van der Waals surface area contributed by atoms with Gasteiger partial charge >= 0.3 is 5.97 Å². The van der Waals surface area contributed by atoms with Crippen LogP contribution in [0.3, 0.4) is 0 Å². The smallest absolute Gasteiger partial charge is 0.337 e. The van der Waals surface area contributed by atoms with Crippen LogP contribution in [0, 0.1) is 0 Å². The van der Waals surface area contributed by atoms with Gasteiger partial charge in [-0.15, -0.1) is 0 Å². The van der Waals surface area contributed by atoms with Gasteiger partial charge in [-0.25, -0.2) is 13.9 Å². The van der Waals surface area contributed by atoms with Gasteiger partial charge in [0.25, 0.3) is 5.91 Å². The average Bonchev–Trinajstić information content (AvgIpc) is 2.99. The molecule has 0 bridgehead atoms. The minimum Gasteiger partial charge on any atom is -0.465 e. The zero-order chi connectivity index (χ0) is 17.8. The molecule has 0 fully saturated rings. The Kier molecular flexibility index (Phi) is 4.61. The number of esters is 1. The summed E-state index contributed by atoms with van der Waals surface area (Å²) >= 11 is 0. The van der Waals surface area contributed by atoms with Crippen LogP contribution in [0.4, 0.5) is 5.69 Å². The lowest BCUT2D eigenvalue weighted by atomic mass is 10.2. The number of para-hydroxylation sites is 2. The minimum atomic E-state index is -0.411. The number of amides is 1. The van der Waals surface area contributed by atoms with Crippen LogP contribution in [-0.4, -0.2) is 23.6 Å². The Morgan fingerprint density at radius 1 is 1.20 bits per heavy atom. The first-order chi connectivity index (χ1) is 12.1. The summed E-state index contributed by atoms with van der Waals surface area (Å²) in [5.74, 6) is -0.576. The Morgan fingerprint density at radius 2 is 1.92 bits per heavy atom. The Hall–Kier alpha value is -3.41. The van der Waals surface area contributed by atoms with Gasteiger partial charge < -0.3 is 10.1 Å². The molecular weight excluding hydrogens is 318 g/mol. The van der Waals surface area contributed by atoms with E-state index in [1.807, 2.05) is 39.7 Å². The van der Waals surface area contributed by atoms with Gasteiger partial charge in [0.05, 0.1) is 18.9 Å². The standard InChI is InChI=1S/C19H17N3O3/c1-3-21-13-22(17-7-5-4-6-16(17)21)12-18(23)20-15-10-8-14(9-11-15)19(24)25-2/h3-11,13H,1,12H2,2H3/p+1. The molecule has 0 radical (unpaired) electrons. The van der Waals surface area contributed by atoms with Crippen molar-refractivity contribution < 1.29 is 18.9 Å². The fourth-order valence-electron chi connectivity index (χ4n) is 2.63. The highest BCUT2D eigenvalue weighted by Gasteiger charge is 2.16. The van der Waals surface area contributed by atoms with Gasteiger partial charge in [-0.2, -0.15) is 0 Å². The number of benzene rings is 2. The lowest BCUT2D eigenvalue weighted by Gasteiger charge is -2.05. The van der Waals surface area contributed by atoms with Gasteiger partial charge in [-0.05, 0) is 36.4 Å². The van der Waals surface area contributed by atoms with Gasteiger partial charge in [0.15, 0.2) is 17.6 Å². The van der Waals surface area contributed by atoms with Crippen LogP contribution in [0.1, 0.15) is 10.4 Å². The van der Waals surface area contributed by atoms with E-state index in [4.69, 9.17) is 0 Å². The van der Waals surface area contributed by atoms with Gasteiger partial charge in [-0.1, -0.05) is 18.7 Å². The molecule has 1 aromatic heterocycles. The number of fused-ring (bicyclic) bond motifs is 1. The predicted molar refractivity (Wildman–Crippen MR) is 94.9 cm³/mol. The second kappa shape index (κ2) is 7.00. The molecule has 1 amide bonds. The van der Waals surface area contributed by atoms with Crippen molar-refractivity contribution in [1.29, 1.82) is 0 Å². The third kappa shape index (κ3) is 3.42. The fourth-order valence-corrected chi connectivity index (χ4v) is 2.63. The molecule has 3 rings (SSSR count). The summed E-state index contributed by atoms with van der Waals surface area (Å²) in [6, 6.07) is 14.3. The molecular formula is C19H18N3O3+. The number of nitrogens with zero attached hydrogens (tertiary/aromatic N) is 2. The van der Waals surface area contributed by atoms with Crippen LogP contribution >= 0.6 is 0 Å². The third-order valence-corrected chi connectivity index (χ3v) is 3.83. The SMILES string of the molecule is C=Cn1c[n+](CC(=O)Nc2ccc(C(=O)OC)cc2)c2ccccc21. The van der Waals surface area contributed by atoms with Gasteiger partial charge in [0.1, 0.15) is 0 Å². The van der Waals surface area contributed by atoms with Crippen LogP contribution in [0.15, 0.2) is 61.4 Å². The molecule has 1 N–H and O–H groups in total. The first kappa shape index (κ1) is 16.4. The van der Waals surface area contributed by atoms with Crippen LogP contribution in [0.25, 0.3) is 17.2 Å². The average molecular weight is 336 g/mol. The molecule has 0 aliphatic carbocycles. The van der Waals surface area contributed by atoms with E-state index in [0.717, 1.165) is 11.0 Å². The van der Waals surface area contributed by atoms with Crippen molar-refractivity contribution in [3.8, 4) is 0 Å². The number of hydrogen-bond acceptors (Lipinski definition) is 3. The number of aromatic nitrogens is 2. The molecule has 2 aromatic carbocycles. The normalized spacial score (nSPS) is 10.4. The van der Waals surface area contributed by atoms with Gasteiger partial charge in [0.2, 0.25) is 6.33 Å². The molecule has 3 aromatic rings. The van der Waals surface area contributed by atoms with Crippen molar-refractivity contribution in [2.75, 3.05) is 12.4 Å². The molecule has 6 heteroatoms. The van der Waals surface area contributed by atoms with Crippen molar-refractivity contribution in [2.24, 2.45) is 0 Å². The van der Waals surface area contributed by atoms with Crippen LogP contribution in [0.5, 0.6) is 0 Å².